The Labute approximate surface area is 135 Å². The third kappa shape index (κ3) is 3.52. The minimum atomic E-state index is -0.118. The number of rotatable bonds is 6. The zero-order valence-corrected chi connectivity index (χ0v) is 13.6. The summed E-state index contributed by atoms with van der Waals surface area (Å²) in [7, 11) is 1.64. The number of benzene rings is 1. The first-order chi connectivity index (χ1) is 11.2. The number of carbonyl (C=O) groups excluding carboxylic acids is 1. The molecular weight excluding hydrogens is 292 g/mol. The summed E-state index contributed by atoms with van der Waals surface area (Å²) in [5.74, 6) is 2.72. The molecule has 2 aromatic rings. The van der Waals surface area contributed by atoms with Gasteiger partial charge in [0.2, 0.25) is 5.91 Å². The van der Waals surface area contributed by atoms with Crippen LogP contribution in [-0.4, -0.2) is 27.8 Å². The summed E-state index contributed by atoms with van der Waals surface area (Å²) in [4.78, 5) is 12.2. The number of carbonyl (C=O) groups is 1. The van der Waals surface area contributed by atoms with Crippen molar-refractivity contribution in [2.75, 3.05) is 7.11 Å². The molecule has 1 atom stereocenters. The highest BCUT2D eigenvalue weighted by Crippen LogP contribution is 2.19. The van der Waals surface area contributed by atoms with Crippen molar-refractivity contribution in [2.45, 2.75) is 45.2 Å². The van der Waals surface area contributed by atoms with Crippen LogP contribution in [-0.2, 0) is 24.2 Å². The molecule has 1 aromatic heterocycles. The maximum atomic E-state index is 12.2. The lowest BCUT2D eigenvalue weighted by Gasteiger charge is -2.14. The van der Waals surface area contributed by atoms with Gasteiger partial charge in [0.05, 0.1) is 13.2 Å². The van der Waals surface area contributed by atoms with Crippen LogP contribution in [0.3, 0.4) is 0 Å². The minimum absolute atomic E-state index is 0.0238. The number of aryl methyl sites for hydroxylation is 2. The predicted octanol–water partition coefficient (Wildman–Crippen LogP) is 2.04. The molecule has 0 aliphatic carbocycles. The van der Waals surface area contributed by atoms with Gasteiger partial charge in [0.15, 0.2) is 5.82 Å². The minimum Gasteiger partial charge on any atom is -0.497 e. The van der Waals surface area contributed by atoms with E-state index in [9.17, 15) is 4.79 Å². The standard InChI is InChI=1S/C17H22N4O2/c1-12(17-20-19-15-7-4-10-21(15)17)18-16(22)9-8-13-5-3-6-14(11-13)23-2/h3,5-6,11-12H,4,7-10H2,1-2H3,(H,18,22)/t12-/m1/s1. The molecule has 0 saturated carbocycles. The maximum absolute atomic E-state index is 12.2. The summed E-state index contributed by atoms with van der Waals surface area (Å²) < 4.78 is 7.32. The van der Waals surface area contributed by atoms with Gasteiger partial charge in [-0.2, -0.15) is 0 Å². The zero-order valence-electron chi connectivity index (χ0n) is 13.6. The van der Waals surface area contributed by atoms with E-state index in [1.807, 2.05) is 31.2 Å². The van der Waals surface area contributed by atoms with E-state index >= 15 is 0 Å². The Kier molecular flexibility index (Phi) is 4.60. The lowest BCUT2D eigenvalue weighted by molar-refractivity contribution is -0.121. The number of nitrogens with zero attached hydrogens (tertiary/aromatic N) is 3. The van der Waals surface area contributed by atoms with Crippen molar-refractivity contribution in [1.82, 2.24) is 20.1 Å². The fraction of sp³-hybridized carbons (Fsp3) is 0.471. The van der Waals surface area contributed by atoms with E-state index in [2.05, 4.69) is 20.1 Å². The van der Waals surface area contributed by atoms with E-state index in [-0.39, 0.29) is 11.9 Å². The Morgan fingerprint density at radius 1 is 1.43 bits per heavy atom. The van der Waals surface area contributed by atoms with Gasteiger partial charge >= 0.3 is 0 Å². The van der Waals surface area contributed by atoms with E-state index in [0.29, 0.717) is 12.8 Å². The molecule has 6 heteroatoms. The molecule has 0 spiro atoms. The summed E-state index contributed by atoms with van der Waals surface area (Å²) >= 11 is 0. The van der Waals surface area contributed by atoms with Crippen molar-refractivity contribution in [2.24, 2.45) is 0 Å². The average Bonchev–Trinajstić information content (AvgIpc) is 3.16. The second-order valence-corrected chi connectivity index (χ2v) is 5.87. The van der Waals surface area contributed by atoms with Gasteiger partial charge in [-0.25, -0.2) is 0 Å². The number of methoxy groups -OCH3 is 1. The van der Waals surface area contributed by atoms with Crippen LogP contribution < -0.4 is 10.1 Å². The van der Waals surface area contributed by atoms with Gasteiger partial charge in [-0.15, -0.1) is 10.2 Å². The molecule has 1 amide bonds. The predicted molar refractivity (Wildman–Crippen MR) is 86.2 cm³/mol. The van der Waals surface area contributed by atoms with Crippen molar-refractivity contribution >= 4 is 5.91 Å². The van der Waals surface area contributed by atoms with Crippen molar-refractivity contribution in [3.05, 3.63) is 41.5 Å². The van der Waals surface area contributed by atoms with Crippen LogP contribution in [0.15, 0.2) is 24.3 Å². The van der Waals surface area contributed by atoms with E-state index in [4.69, 9.17) is 4.74 Å². The Morgan fingerprint density at radius 2 is 2.30 bits per heavy atom. The number of amides is 1. The molecule has 122 valence electrons. The van der Waals surface area contributed by atoms with Gasteiger partial charge < -0.3 is 14.6 Å². The SMILES string of the molecule is COc1cccc(CCC(=O)N[C@H](C)c2nnc3n2CCC3)c1. The van der Waals surface area contributed by atoms with Gasteiger partial charge in [0.25, 0.3) is 0 Å². The van der Waals surface area contributed by atoms with E-state index in [1.54, 1.807) is 7.11 Å². The lowest BCUT2D eigenvalue weighted by Crippen LogP contribution is -2.28. The second kappa shape index (κ2) is 6.81. The third-order valence-electron chi connectivity index (χ3n) is 4.18. The van der Waals surface area contributed by atoms with Crippen LogP contribution in [0.5, 0.6) is 5.75 Å². The van der Waals surface area contributed by atoms with Crippen molar-refractivity contribution in [3.63, 3.8) is 0 Å². The number of aromatic nitrogens is 3. The van der Waals surface area contributed by atoms with Gasteiger partial charge in [0, 0.05) is 19.4 Å². The largest absolute Gasteiger partial charge is 0.497 e. The van der Waals surface area contributed by atoms with Crippen LogP contribution in [0, 0.1) is 0 Å². The van der Waals surface area contributed by atoms with Gasteiger partial charge in [-0.1, -0.05) is 12.1 Å². The summed E-state index contributed by atoms with van der Waals surface area (Å²) in [5.41, 5.74) is 1.09. The molecule has 1 aliphatic rings. The average molecular weight is 314 g/mol. The third-order valence-corrected chi connectivity index (χ3v) is 4.18. The molecule has 0 bridgehead atoms. The topological polar surface area (TPSA) is 69.0 Å². The number of ether oxygens (including phenoxy) is 1. The molecule has 23 heavy (non-hydrogen) atoms. The zero-order chi connectivity index (χ0) is 16.2. The first-order valence-electron chi connectivity index (χ1n) is 8.01. The Morgan fingerprint density at radius 3 is 3.13 bits per heavy atom. The Balaban J connectivity index is 1.54. The van der Waals surface area contributed by atoms with E-state index < -0.39 is 0 Å². The number of hydrogen-bond acceptors (Lipinski definition) is 4. The summed E-state index contributed by atoms with van der Waals surface area (Å²) in [6.07, 6.45) is 3.21. The molecular formula is C17H22N4O2. The fourth-order valence-electron chi connectivity index (χ4n) is 2.96. The summed E-state index contributed by atoms with van der Waals surface area (Å²) in [6.45, 7) is 2.90. The lowest BCUT2D eigenvalue weighted by atomic mass is 10.1. The van der Waals surface area contributed by atoms with Crippen LogP contribution >= 0.6 is 0 Å². The van der Waals surface area contributed by atoms with E-state index in [1.165, 1.54) is 0 Å². The Bertz CT molecular complexity index is 696. The van der Waals surface area contributed by atoms with Crippen LogP contribution in [0.1, 0.15) is 43.0 Å². The second-order valence-electron chi connectivity index (χ2n) is 5.87. The first kappa shape index (κ1) is 15.5. The molecule has 2 heterocycles. The monoisotopic (exact) mass is 314 g/mol. The highest BCUT2D eigenvalue weighted by Gasteiger charge is 2.22. The first-order valence-corrected chi connectivity index (χ1v) is 8.01. The van der Waals surface area contributed by atoms with Gasteiger partial charge in [-0.05, 0) is 37.5 Å². The van der Waals surface area contributed by atoms with Crippen LogP contribution in [0.4, 0.5) is 0 Å². The molecule has 3 rings (SSSR count). The molecule has 0 radical (unpaired) electrons. The summed E-state index contributed by atoms with van der Waals surface area (Å²) in [6, 6.07) is 7.69. The molecule has 1 aromatic carbocycles. The van der Waals surface area contributed by atoms with Crippen molar-refractivity contribution in [1.29, 1.82) is 0 Å². The molecule has 6 nitrogen and oxygen atoms in total. The summed E-state index contributed by atoms with van der Waals surface area (Å²) in [5, 5.41) is 11.4. The normalized spacial score (nSPS) is 14.3. The number of fused-ring (bicyclic) bond motifs is 1. The maximum Gasteiger partial charge on any atom is 0.220 e. The van der Waals surface area contributed by atoms with Crippen LogP contribution in [0.25, 0.3) is 0 Å². The smallest absolute Gasteiger partial charge is 0.220 e. The molecule has 0 unspecified atom stereocenters. The van der Waals surface area contributed by atoms with E-state index in [0.717, 1.165) is 42.3 Å². The van der Waals surface area contributed by atoms with Crippen molar-refractivity contribution in [3.8, 4) is 5.75 Å². The molecule has 1 aliphatic heterocycles. The van der Waals surface area contributed by atoms with Gasteiger partial charge in [-0.3, -0.25) is 4.79 Å². The van der Waals surface area contributed by atoms with Crippen LogP contribution in [0.2, 0.25) is 0 Å². The molecule has 0 saturated heterocycles. The highest BCUT2D eigenvalue weighted by atomic mass is 16.5. The number of hydrogen-bond donors (Lipinski definition) is 1. The Hall–Kier alpha value is -2.37. The molecule has 1 N–H and O–H groups in total. The molecule has 0 fully saturated rings. The fourth-order valence-corrected chi connectivity index (χ4v) is 2.96. The van der Waals surface area contributed by atoms with Gasteiger partial charge in [0.1, 0.15) is 11.6 Å². The number of nitrogens with one attached hydrogen (secondary N) is 1. The quantitative estimate of drug-likeness (QED) is 0.886. The van der Waals surface area contributed by atoms with Crippen molar-refractivity contribution < 1.29 is 9.53 Å². The highest BCUT2D eigenvalue weighted by molar-refractivity contribution is 5.76.